The van der Waals surface area contributed by atoms with Gasteiger partial charge in [0.05, 0.1) is 11.6 Å². The van der Waals surface area contributed by atoms with Crippen LogP contribution in [0.25, 0.3) is 0 Å². The third kappa shape index (κ3) is 4.98. The number of hydrogen-bond donors (Lipinski definition) is 1. The molecule has 3 nitrogen and oxygen atoms in total. The molecule has 0 aliphatic carbocycles. The van der Waals surface area contributed by atoms with Crippen LogP contribution in [0.5, 0.6) is 0 Å². The molecule has 0 aliphatic rings. The molecule has 19 heavy (non-hydrogen) atoms. The number of rotatable bonds is 7. The van der Waals surface area contributed by atoms with Gasteiger partial charge in [0.1, 0.15) is 5.82 Å². The molecular formula is C15H22FN3. The molecule has 1 unspecified atom stereocenters. The summed E-state index contributed by atoms with van der Waals surface area (Å²) >= 11 is 0. The second kappa shape index (κ2) is 7.88. The van der Waals surface area contributed by atoms with Crippen LogP contribution in [0.3, 0.4) is 0 Å². The van der Waals surface area contributed by atoms with E-state index in [-0.39, 0.29) is 5.82 Å². The predicted octanol–water partition coefficient (Wildman–Crippen LogP) is 2.52. The van der Waals surface area contributed by atoms with Gasteiger partial charge in [0.2, 0.25) is 0 Å². The van der Waals surface area contributed by atoms with Gasteiger partial charge in [-0.05, 0) is 43.8 Å². The number of benzene rings is 1. The smallest absolute Gasteiger partial charge is 0.123 e. The highest BCUT2D eigenvalue weighted by molar-refractivity contribution is 5.37. The summed E-state index contributed by atoms with van der Waals surface area (Å²) in [7, 11) is 0. The first-order chi connectivity index (χ1) is 9.10. The fourth-order valence-electron chi connectivity index (χ4n) is 2.04. The Hall–Kier alpha value is -1.44. The normalized spacial score (nSPS) is 12.4. The first-order valence-electron chi connectivity index (χ1n) is 6.74. The van der Waals surface area contributed by atoms with E-state index >= 15 is 0 Å². The number of likely N-dealkylation sites (N-methyl/N-ethyl adjacent to an activating group) is 1. The summed E-state index contributed by atoms with van der Waals surface area (Å²) in [5.74, 6) is -0.299. The molecule has 0 bridgehead atoms. The van der Waals surface area contributed by atoms with E-state index in [0.29, 0.717) is 23.7 Å². The van der Waals surface area contributed by atoms with Crippen molar-refractivity contribution in [3.8, 4) is 6.07 Å². The van der Waals surface area contributed by atoms with E-state index in [0.717, 1.165) is 19.6 Å². The zero-order valence-electron chi connectivity index (χ0n) is 11.9. The van der Waals surface area contributed by atoms with Crippen LogP contribution in [0.2, 0.25) is 0 Å². The Morgan fingerprint density at radius 2 is 2.05 bits per heavy atom. The zero-order chi connectivity index (χ0) is 14.3. The van der Waals surface area contributed by atoms with Gasteiger partial charge in [-0.15, -0.1) is 0 Å². The van der Waals surface area contributed by atoms with Gasteiger partial charge in [0.15, 0.2) is 0 Å². The van der Waals surface area contributed by atoms with Crippen molar-refractivity contribution in [1.29, 1.82) is 5.26 Å². The zero-order valence-corrected chi connectivity index (χ0v) is 11.9. The van der Waals surface area contributed by atoms with Gasteiger partial charge in [0.25, 0.3) is 0 Å². The van der Waals surface area contributed by atoms with E-state index in [9.17, 15) is 4.39 Å². The quantitative estimate of drug-likeness (QED) is 0.821. The molecule has 1 aromatic rings. The fraction of sp³-hybridized carbons (Fsp3) is 0.533. The van der Waals surface area contributed by atoms with E-state index in [1.807, 2.05) is 0 Å². The van der Waals surface area contributed by atoms with Crippen LogP contribution in [0.15, 0.2) is 18.2 Å². The summed E-state index contributed by atoms with van der Waals surface area (Å²) in [6, 6.07) is 6.67. The molecule has 1 rings (SSSR count). The molecule has 0 spiro atoms. The summed E-state index contributed by atoms with van der Waals surface area (Å²) in [6.45, 7) is 9.88. The van der Waals surface area contributed by atoms with E-state index in [2.05, 4.69) is 37.1 Å². The lowest BCUT2D eigenvalue weighted by atomic mass is 10.1. The summed E-state index contributed by atoms with van der Waals surface area (Å²) in [6.07, 6.45) is 0. The van der Waals surface area contributed by atoms with E-state index in [1.165, 1.54) is 18.2 Å². The fourth-order valence-corrected chi connectivity index (χ4v) is 2.04. The molecule has 0 heterocycles. The number of nitrogens with one attached hydrogen (secondary N) is 1. The van der Waals surface area contributed by atoms with Crippen molar-refractivity contribution < 1.29 is 4.39 Å². The molecule has 1 atom stereocenters. The number of hydrogen-bond acceptors (Lipinski definition) is 3. The number of halogens is 1. The molecule has 1 N–H and O–H groups in total. The molecule has 0 saturated carbocycles. The van der Waals surface area contributed by atoms with E-state index in [4.69, 9.17) is 5.26 Å². The molecule has 0 radical (unpaired) electrons. The second-order valence-electron chi connectivity index (χ2n) is 4.68. The van der Waals surface area contributed by atoms with Gasteiger partial charge < -0.3 is 10.2 Å². The summed E-state index contributed by atoms with van der Waals surface area (Å²) in [5, 5.41) is 12.3. The van der Waals surface area contributed by atoms with Crippen molar-refractivity contribution in [1.82, 2.24) is 10.2 Å². The maximum atomic E-state index is 13.2. The van der Waals surface area contributed by atoms with Crippen molar-refractivity contribution in [2.75, 3.05) is 19.6 Å². The Morgan fingerprint density at radius 1 is 1.37 bits per heavy atom. The van der Waals surface area contributed by atoms with Crippen molar-refractivity contribution >= 4 is 0 Å². The van der Waals surface area contributed by atoms with Crippen LogP contribution < -0.4 is 5.32 Å². The maximum Gasteiger partial charge on any atom is 0.123 e. The molecule has 0 aromatic heterocycles. The Bertz CT molecular complexity index is 436. The van der Waals surface area contributed by atoms with Gasteiger partial charge in [-0.25, -0.2) is 4.39 Å². The van der Waals surface area contributed by atoms with Crippen LogP contribution in [-0.2, 0) is 6.54 Å². The number of nitrogens with zero attached hydrogens (tertiary/aromatic N) is 2. The first-order valence-corrected chi connectivity index (χ1v) is 6.74. The summed E-state index contributed by atoms with van der Waals surface area (Å²) < 4.78 is 13.2. The SMILES string of the molecule is CCN(CC)CC(C)NCc1cc(F)ccc1C#N. The third-order valence-electron chi connectivity index (χ3n) is 3.26. The van der Waals surface area contributed by atoms with Crippen LogP contribution in [-0.4, -0.2) is 30.6 Å². The minimum Gasteiger partial charge on any atom is -0.309 e. The molecule has 104 valence electrons. The average molecular weight is 263 g/mol. The maximum absolute atomic E-state index is 13.2. The minimum atomic E-state index is -0.299. The van der Waals surface area contributed by atoms with Crippen LogP contribution in [0.4, 0.5) is 4.39 Å². The van der Waals surface area contributed by atoms with Crippen molar-refractivity contribution in [3.05, 3.63) is 35.1 Å². The Morgan fingerprint density at radius 3 is 2.63 bits per heavy atom. The number of nitriles is 1. The molecule has 0 fully saturated rings. The average Bonchev–Trinajstić information content (AvgIpc) is 2.42. The standard InChI is InChI=1S/C15H22FN3/c1-4-19(5-2)11-12(3)18-10-14-8-15(16)7-6-13(14)9-17/h6-8,12,18H,4-5,10-11H2,1-3H3. The Kier molecular flexibility index (Phi) is 6.48. The Balaban J connectivity index is 2.57. The minimum absolute atomic E-state index is 0.299. The van der Waals surface area contributed by atoms with Gasteiger partial charge in [-0.2, -0.15) is 5.26 Å². The van der Waals surface area contributed by atoms with Crippen molar-refractivity contribution in [2.45, 2.75) is 33.4 Å². The van der Waals surface area contributed by atoms with Crippen LogP contribution >= 0.6 is 0 Å². The largest absolute Gasteiger partial charge is 0.309 e. The summed E-state index contributed by atoms with van der Waals surface area (Å²) in [4.78, 5) is 2.33. The highest BCUT2D eigenvalue weighted by Crippen LogP contribution is 2.10. The summed E-state index contributed by atoms with van der Waals surface area (Å²) in [5.41, 5.74) is 1.25. The molecule has 0 aliphatic heterocycles. The van der Waals surface area contributed by atoms with E-state index < -0.39 is 0 Å². The monoisotopic (exact) mass is 263 g/mol. The van der Waals surface area contributed by atoms with Gasteiger partial charge >= 0.3 is 0 Å². The van der Waals surface area contributed by atoms with Crippen molar-refractivity contribution in [3.63, 3.8) is 0 Å². The predicted molar refractivity (Wildman–Crippen MR) is 75.2 cm³/mol. The van der Waals surface area contributed by atoms with Crippen LogP contribution in [0.1, 0.15) is 31.9 Å². The molecule has 0 saturated heterocycles. The lowest BCUT2D eigenvalue weighted by Gasteiger charge is -2.23. The molecule has 1 aromatic carbocycles. The van der Waals surface area contributed by atoms with E-state index in [1.54, 1.807) is 0 Å². The van der Waals surface area contributed by atoms with Crippen molar-refractivity contribution in [2.24, 2.45) is 0 Å². The second-order valence-corrected chi connectivity index (χ2v) is 4.68. The van der Waals surface area contributed by atoms with Gasteiger partial charge in [-0.3, -0.25) is 0 Å². The Labute approximate surface area is 115 Å². The lowest BCUT2D eigenvalue weighted by molar-refractivity contribution is 0.270. The highest BCUT2D eigenvalue weighted by Gasteiger charge is 2.09. The highest BCUT2D eigenvalue weighted by atomic mass is 19.1. The molecule has 0 amide bonds. The van der Waals surface area contributed by atoms with Crippen LogP contribution in [0, 0.1) is 17.1 Å². The lowest BCUT2D eigenvalue weighted by Crippen LogP contribution is -2.38. The molecule has 4 heteroatoms. The topological polar surface area (TPSA) is 39.1 Å². The molecular weight excluding hydrogens is 241 g/mol. The van der Waals surface area contributed by atoms with Gasteiger partial charge in [-0.1, -0.05) is 13.8 Å². The van der Waals surface area contributed by atoms with Gasteiger partial charge in [0, 0.05) is 19.1 Å². The third-order valence-corrected chi connectivity index (χ3v) is 3.26. The first kappa shape index (κ1) is 15.6.